The molecule has 0 unspecified atom stereocenters. The summed E-state index contributed by atoms with van der Waals surface area (Å²) >= 11 is 5.72. The van der Waals surface area contributed by atoms with E-state index in [4.69, 9.17) is 17.4 Å². The minimum Gasteiger partial charge on any atom is -0.322 e. The lowest BCUT2D eigenvalue weighted by atomic mass is 10.1. The average molecular weight is 169 g/mol. The van der Waals surface area contributed by atoms with E-state index in [1.165, 1.54) is 0 Å². The molecule has 58 valence electrons. The van der Waals surface area contributed by atoms with Gasteiger partial charge in [-0.3, -0.25) is 0 Å². The van der Waals surface area contributed by atoms with E-state index < -0.39 is 0 Å². The molecule has 0 aliphatic heterocycles. The van der Waals surface area contributed by atoms with E-state index in [0.29, 0.717) is 5.17 Å². The number of aryl methyl sites for hydroxylation is 1. The van der Waals surface area contributed by atoms with Crippen LogP contribution in [-0.2, 0) is 0 Å². The third-order valence-electron chi connectivity index (χ3n) is 1.48. The molecule has 0 aromatic heterocycles. The maximum atomic E-state index is 5.72. The van der Waals surface area contributed by atoms with E-state index in [1.54, 1.807) is 0 Å². The summed E-state index contributed by atoms with van der Waals surface area (Å²) in [6.45, 7) is 1.96. The molecule has 0 heterocycles. The fourth-order valence-electron chi connectivity index (χ4n) is 0.874. The molecular weight excluding hydrogens is 160 g/mol. The number of hydrazone groups is 1. The lowest BCUT2D eigenvalue weighted by molar-refractivity contribution is 1.25. The van der Waals surface area contributed by atoms with Crippen molar-refractivity contribution in [1.29, 1.82) is 0 Å². The molecule has 0 atom stereocenters. The Labute approximate surface area is 70.7 Å². The Hall–Kier alpha value is -1.02. The van der Waals surface area contributed by atoms with Gasteiger partial charge in [0, 0.05) is 5.56 Å². The minimum absolute atomic E-state index is 0.350. The van der Waals surface area contributed by atoms with E-state index in [1.807, 2.05) is 31.2 Å². The normalized spacial score (nSPS) is 11.6. The van der Waals surface area contributed by atoms with Gasteiger partial charge >= 0.3 is 0 Å². The highest BCUT2D eigenvalue weighted by atomic mass is 35.5. The summed E-state index contributed by atoms with van der Waals surface area (Å²) in [7, 11) is 0. The summed E-state index contributed by atoms with van der Waals surface area (Å²) in [4.78, 5) is 0. The molecule has 1 aromatic rings. The van der Waals surface area contributed by atoms with E-state index >= 15 is 0 Å². The molecule has 1 aromatic carbocycles. The number of hydrogen-bond acceptors (Lipinski definition) is 2. The first-order chi connectivity index (χ1) is 5.25. The molecule has 0 saturated carbocycles. The quantitative estimate of drug-likeness (QED) is 0.388. The van der Waals surface area contributed by atoms with Gasteiger partial charge in [0.15, 0.2) is 5.17 Å². The van der Waals surface area contributed by atoms with Crippen molar-refractivity contribution in [1.82, 2.24) is 0 Å². The molecule has 2 nitrogen and oxygen atoms in total. The zero-order valence-electron chi connectivity index (χ0n) is 6.21. The topological polar surface area (TPSA) is 38.4 Å². The van der Waals surface area contributed by atoms with Crippen LogP contribution in [0.5, 0.6) is 0 Å². The number of nitrogens with two attached hydrogens (primary N) is 1. The van der Waals surface area contributed by atoms with Crippen molar-refractivity contribution in [2.24, 2.45) is 10.9 Å². The van der Waals surface area contributed by atoms with E-state index in [0.717, 1.165) is 11.1 Å². The van der Waals surface area contributed by atoms with Gasteiger partial charge in [-0.15, -0.1) is 0 Å². The first-order valence-electron chi connectivity index (χ1n) is 3.25. The number of benzene rings is 1. The van der Waals surface area contributed by atoms with Crippen molar-refractivity contribution < 1.29 is 0 Å². The second-order valence-electron chi connectivity index (χ2n) is 2.23. The number of hydrogen-bond donors (Lipinski definition) is 1. The van der Waals surface area contributed by atoms with Gasteiger partial charge in [-0.25, -0.2) is 0 Å². The molecule has 11 heavy (non-hydrogen) atoms. The molecule has 3 heteroatoms. The van der Waals surface area contributed by atoms with Crippen molar-refractivity contribution in [3.05, 3.63) is 35.4 Å². The fourth-order valence-corrected chi connectivity index (χ4v) is 1.09. The summed E-state index contributed by atoms with van der Waals surface area (Å²) in [5.74, 6) is 5.03. The summed E-state index contributed by atoms with van der Waals surface area (Å²) in [6.07, 6.45) is 0. The van der Waals surface area contributed by atoms with Gasteiger partial charge in [-0.1, -0.05) is 35.9 Å². The zero-order chi connectivity index (χ0) is 8.27. The van der Waals surface area contributed by atoms with E-state index in [9.17, 15) is 0 Å². The van der Waals surface area contributed by atoms with Crippen LogP contribution in [0, 0.1) is 6.92 Å². The second kappa shape index (κ2) is 3.39. The molecule has 0 saturated heterocycles. The highest BCUT2D eigenvalue weighted by molar-refractivity contribution is 6.69. The fraction of sp³-hybridized carbons (Fsp3) is 0.125. The summed E-state index contributed by atoms with van der Waals surface area (Å²) in [5, 5.41) is 3.75. The lowest BCUT2D eigenvalue weighted by Gasteiger charge is -1.99. The maximum absolute atomic E-state index is 5.72. The molecule has 0 spiro atoms. The smallest absolute Gasteiger partial charge is 0.156 e. The van der Waals surface area contributed by atoms with Gasteiger partial charge in [0.2, 0.25) is 0 Å². The van der Waals surface area contributed by atoms with Gasteiger partial charge in [0.25, 0.3) is 0 Å². The van der Waals surface area contributed by atoms with Gasteiger partial charge in [0.1, 0.15) is 0 Å². The first-order valence-corrected chi connectivity index (χ1v) is 3.63. The Bertz CT molecular complexity index is 281. The van der Waals surface area contributed by atoms with E-state index in [2.05, 4.69) is 5.10 Å². The summed E-state index contributed by atoms with van der Waals surface area (Å²) < 4.78 is 0. The maximum Gasteiger partial charge on any atom is 0.156 e. The molecule has 0 bridgehead atoms. The number of nitrogens with zero attached hydrogens (tertiary/aromatic N) is 1. The molecule has 0 aliphatic rings. The zero-order valence-corrected chi connectivity index (χ0v) is 6.97. The number of rotatable bonds is 1. The molecule has 0 amide bonds. The Morgan fingerprint density at radius 2 is 2.09 bits per heavy atom. The summed E-state index contributed by atoms with van der Waals surface area (Å²) in [5.41, 5.74) is 1.96. The summed E-state index contributed by atoms with van der Waals surface area (Å²) in [6, 6.07) is 7.69. The van der Waals surface area contributed by atoms with Crippen LogP contribution in [0.15, 0.2) is 29.4 Å². The van der Waals surface area contributed by atoms with Gasteiger partial charge in [-0.05, 0) is 12.5 Å². The second-order valence-corrected chi connectivity index (χ2v) is 2.59. The van der Waals surface area contributed by atoms with Crippen LogP contribution < -0.4 is 5.84 Å². The number of halogens is 1. The lowest BCUT2D eigenvalue weighted by Crippen LogP contribution is -1.97. The van der Waals surface area contributed by atoms with Gasteiger partial charge in [-0.2, -0.15) is 5.10 Å². The van der Waals surface area contributed by atoms with Crippen LogP contribution in [0.1, 0.15) is 11.1 Å². The monoisotopic (exact) mass is 168 g/mol. The Morgan fingerprint density at radius 3 is 2.64 bits per heavy atom. The Balaban J connectivity index is 3.14. The van der Waals surface area contributed by atoms with Crippen molar-refractivity contribution in [3.8, 4) is 0 Å². The predicted molar refractivity (Wildman–Crippen MR) is 47.8 cm³/mol. The van der Waals surface area contributed by atoms with E-state index in [-0.39, 0.29) is 0 Å². The van der Waals surface area contributed by atoms with Crippen molar-refractivity contribution in [2.75, 3.05) is 0 Å². The van der Waals surface area contributed by atoms with Crippen molar-refractivity contribution in [2.45, 2.75) is 6.92 Å². The SMILES string of the molecule is Cc1ccccc1/C(Cl)=N/N. The third-order valence-corrected chi connectivity index (χ3v) is 1.78. The van der Waals surface area contributed by atoms with Crippen LogP contribution in [0.25, 0.3) is 0 Å². The molecule has 0 fully saturated rings. The highest BCUT2D eigenvalue weighted by Gasteiger charge is 2.00. The Morgan fingerprint density at radius 1 is 1.45 bits per heavy atom. The van der Waals surface area contributed by atoms with Crippen molar-refractivity contribution >= 4 is 16.8 Å². The molecular formula is C8H9ClN2. The average Bonchev–Trinajstić information content (AvgIpc) is 2.04. The van der Waals surface area contributed by atoms with Gasteiger partial charge in [0.05, 0.1) is 0 Å². The minimum atomic E-state index is 0.350. The largest absolute Gasteiger partial charge is 0.322 e. The first kappa shape index (κ1) is 8.08. The van der Waals surface area contributed by atoms with Crippen LogP contribution in [-0.4, -0.2) is 5.17 Å². The predicted octanol–water partition coefficient (Wildman–Crippen LogP) is 1.85. The van der Waals surface area contributed by atoms with Crippen LogP contribution in [0.3, 0.4) is 0 Å². The molecule has 1 rings (SSSR count). The van der Waals surface area contributed by atoms with Crippen LogP contribution >= 0.6 is 11.6 Å². The molecule has 0 aliphatic carbocycles. The highest BCUT2D eigenvalue weighted by Crippen LogP contribution is 2.09. The van der Waals surface area contributed by atoms with Crippen LogP contribution in [0.2, 0.25) is 0 Å². The standard InChI is InChI=1S/C8H9ClN2/c1-6-4-2-3-5-7(6)8(9)11-10/h2-5H,10H2,1H3/b11-8-. The van der Waals surface area contributed by atoms with Crippen molar-refractivity contribution in [3.63, 3.8) is 0 Å². The third kappa shape index (κ3) is 1.71. The Kier molecular flexibility index (Phi) is 2.49. The molecule has 0 radical (unpaired) electrons. The van der Waals surface area contributed by atoms with Crippen LogP contribution in [0.4, 0.5) is 0 Å². The molecule has 2 N–H and O–H groups in total. The van der Waals surface area contributed by atoms with Gasteiger partial charge < -0.3 is 5.84 Å².